The van der Waals surface area contributed by atoms with Gasteiger partial charge in [0.05, 0.1) is 12.7 Å². The number of fused-ring (bicyclic) bond motifs is 1. The molecule has 1 aliphatic heterocycles. The number of rotatable bonds is 3. The molecular weight excluding hydrogens is 282 g/mol. The fourth-order valence-corrected chi connectivity index (χ4v) is 2.77. The summed E-state index contributed by atoms with van der Waals surface area (Å²) < 4.78 is 11.3. The van der Waals surface area contributed by atoms with Gasteiger partial charge in [-0.1, -0.05) is 0 Å². The number of ether oxygens (including phenoxy) is 1. The van der Waals surface area contributed by atoms with Crippen molar-refractivity contribution >= 4 is 22.7 Å². The number of nitrogens with one attached hydrogen (secondary N) is 2. The molecule has 0 bridgehead atoms. The first kappa shape index (κ1) is 13.7. The maximum Gasteiger partial charge on any atom is 0.244 e. The Morgan fingerprint density at radius 3 is 3.05 bits per heavy atom. The van der Waals surface area contributed by atoms with E-state index in [1.54, 1.807) is 0 Å². The highest BCUT2D eigenvalue weighted by Gasteiger charge is 2.30. The highest BCUT2D eigenvalue weighted by molar-refractivity contribution is 5.96. The first-order valence-corrected chi connectivity index (χ1v) is 7.77. The molecule has 2 N–H and O–H groups in total. The molecule has 1 aromatic carbocycles. The van der Waals surface area contributed by atoms with Crippen molar-refractivity contribution in [3.05, 3.63) is 24.1 Å². The molecular formula is C16H19N3O3. The quantitative estimate of drug-likeness (QED) is 0.907. The summed E-state index contributed by atoms with van der Waals surface area (Å²) in [4.78, 5) is 16.8. The van der Waals surface area contributed by atoms with E-state index in [0.717, 1.165) is 35.5 Å². The van der Waals surface area contributed by atoms with Crippen molar-refractivity contribution in [1.82, 2.24) is 10.3 Å². The molecule has 116 valence electrons. The number of amides is 1. The van der Waals surface area contributed by atoms with Gasteiger partial charge in [0.15, 0.2) is 11.5 Å². The van der Waals surface area contributed by atoms with Crippen LogP contribution in [0, 0.1) is 0 Å². The summed E-state index contributed by atoms with van der Waals surface area (Å²) in [7, 11) is 0. The van der Waals surface area contributed by atoms with Crippen LogP contribution in [0.1, 0.15) is 31.6 Å². The van der Waals surface area contributed by atoms with Crippen LogP contribution in [0.15, 0.2) is 22.6 Å². The van der Waals surface area contributed by atoms with E-state index in [9.17, 15) is 4.79 Å². The van der Waals surface area contributed by atoms with Crippen LogP contribution in [-0.4, -0.2) is 36.2 Å². The van der Waals surface area contributed by atoms with Crippen molar-refractivity contribution in [2.75, 3.05) is 18.5 Å². The predicted octanol–water partition coefficient (Wildman–Crippen LogP) is 2.02. The molecule has 0 radical (unpaired) electrons. The molecule has 22 heavy (non-hydrogen) atoms. The van der Waals surface area contributed by atoms with E-state index in [2.05, 4.69) is 15.6 Å². The molecule has 2 fully saturated rings. The van der Waals surface area contributed by atoms with Crippen LogP contribution in [0.5, 0.6) is 0 Å². The average Bonchev–Trinajstić information content (AvgIpc) is 3.27. The van der Waals surface area contributed by atoms with Crippen LogP contribution >= 0.6 is 0 Å². The number of hydrogen-bond acceptors (Lipinski definition) is 5. The second-order valence-corrected chi connectivity index (χ2v) is 6.01. The Hall–Kier alpha value is -1.92. The van der Waals surface area contributed by atoms with Gasteiger partial charge in [-0.05, 0) is 31.9 Å². The molecule has 2 atom stereocenters. The summed E-state index contributed by atoms with van der Waals surface area (Å²) in [5.74, 6) is 1.21. The van der Waals surface area contributed by atoms with Gasteiger partial charge in [-0.15, -0.1) is 0 Å². The Balaban J connectivity index is 1.52. The summed E-state index contributed by atoms with van der Waals surface area (Å²) in [5, 5.41) is 6.10. The Bertz CT molecular complexity index is 708. The van der Waals surface area contributed by atoms with Crippen LogP contribution < -0.4 is 10.6 Å². The van der Waals surface area contributed by atoms with Gasteiger partial charge in [-0.3, -0.25) is 4.79 Å². The number of carbonyl (C=O) groups is 1. The third kappa shape index (κ3) is 2.60. The van der Waals surface area contributed by atoms with Crippen LogP contribution in [0.2, 0.25) is 0 Å². The topological polar surface area (TPSA) is 76.4 Å². The van der Waals surface area contributed by atoms with E-state index < -0.39 is 0 Å². The van der Waals surface area contributed by atoms with Crippen LogP contribution in [-0.2, 0) is 9.53 Å². The fourth-order valence-electron chi connectivity index (χ4n) is 2.77. The molecule has 2 aromatic rings. The molecule has 6 heteroatoms. The van der Waals surface area contributed by atoms with Crippen LogP contribution in [0.25, 0.3) is 11.1 Å². The minimum absolute atomic E-state index is 0.0894. The molecule has 0 spiro atoms. The molecule has 1 aromatic heterocycles. The number of benzene rings is 1. The lowest BCUT2D eigenvalue weighted by atomic mass is 10.1. The summed E-state index contributed by atoms with van der Waals surface area (Å²) in [6.45, 7) is 3.23. The normalized spacial score (nSPS) is 25.3. The average molecular weight is 301 g/mol. The Kier molecular flexibility index (Phi) is 3.35. The van der Waals surface area contributed by atoms with Crippen molar-refractivity contribution in [1.29, 1.82) is 0 Å². The number of oxazole rings is 1. The van der Waals surface area contributed by atoms with E-state index >= 15 is 0 Å². The lowest BCUT2D eigenvalue weighted by Gasteiger charge is -2.29. The van der Waals surface area contributed by atoms with Crippen molar-refractivity contribution < 1.29 is 13.9 Å². The minimum atomic E-state index is -0.332. The van der Waals surface area contributed by atoms with E-state index in [0.29, 0.717) is 19.1 Å². The van der Waals surface area contributed by atoms with Crippen molar-refractivity contribution in [3.8, 4) is 0 Å². The Labute approximate surface area is 128 Å². The van der Waals surface area contributed by atoms with Gasteiger partial charge in [0.1, 0.15) is 11.6 Å². The molecule has 1 saturated carbocycles. The second-order valence-electron chi connectivity index (χ2n) is 6.01. The predicted molar refractivity (Wildman–Crippen MR) is 81.8 cm³/mol. The number of nitrogens with zero attached hydrogens (tertiary/aromatic N) is 1. The highest BCUT2D eigenvalue weighted by Crippen LogP contribution is 2.40. The zero-order valence-corrected chi connectivity index (χ0v) is 12.5. The Morgan fingerprint density at radius 1 is 1.41 bits per heavy atom. The monoisotopic (exact) mass is 301 g/mol. The minimum Gasteiger partial charge on any atom is -0.440 e. The SMILES string of the molecule is C[C@H]1OCCN[C@@H]1C(=O)Nc1ccc2nc(C3CC3)oc2c1. The lowest BCUT2D eigenvalue weighted by molar-refractivity contribution is -0.123. The molecule has 1 saturated heterocycles. The zero-order valence-electron chi connectivity index (χ0n) is 12.5. The van der Waals surface area contributed by atoms with Gasteiger partial charge in [0.25, 0.3) is 0 Å². The van der Waals surface area contributed by atoms with Gasteiger partial charge in [0, 0.05) is 24.2 Å². The fraction of sp³-hybridized carbons (Fsp3) is 0.500. The van der Waals surface area contributed by atoms with Crippen molar-refractivity contribution in [2.45, 2.75) is 37.8 Å². The summed E-state index contributed by atoms with van der Waals surface area (Å²) >= 11 is 0. The third-order valence-corrected chi connectivity index (χ3v) is 4.20. The van der Waals surface area contributed by atoms with E-state index in [-0.39, 0.29) is 18.1 Å². The molecule has 1 amide bonds. The largest absolute Gasteiger partial charge is 0.440 e. The highest BCUT2D eigenvalue weighted by atomic mass is 16.5. The summed E-state index contributed by atoms with van der Waals surface area (Å²) in [6, 6.07) is 5.24. The van der Waals surface area contributed by atoms with Gasteiger partial charge in [0.2, 0.25) is 5.91 Å². The van der Waals surface area contributed by atoms with Crippen molar-refractivity contribution in [3.63, 3.8) is 0 Å². The summed E-state index contributed by atoms with van der Waals surface area (Å²) in [5.41, 5.74) is 2.28. The maximum atomic E-state index is 12.3. The van der Waals surface area contributed by atoms with Gasteiger partial charge in [-0.2, -0.15) is 0 Å². The first-order valence-electron chi connectivity index (χ1n) is 7.77. The van der Waals surface area contributed by atoms with Crippen LogP contribution in [0.4, 0.5) is 5.69 Å². The van der Waals surface area contributed by atoms with E-state index in [1.807, 2.05) is 25.1 Å². The number of hydrogen-bond donors (Lipinski definition) is 2. The zero-order chi connectivity index (χ0) is 15.1. The number of morpholine rings is 1. The molecule has 2 aliphatic rings. The van der Waals surface area contributed by atoms with Gasteiger partial charge < -0.3 is 19.8 Å². The molecule has 2 heterocycles. The van der Waals surface area contributed by atoms with Crippen LogP contribution in [0.3, 0.4) is 0 Å². The molecule has 4 rings (SSSR count). The lowest BCUT2D eigenvalue weighted by Crippen LogP contribution is -2.53. The number of anilines is 1. The van der Waals surface area contributed by atoms with E-state index in [1.165, 1.54) is 0 Å². The molecule has 0 unspecified atom stereocenters. The van der Waals surface area contributed by atoms with Gasteiger partial charge in [-0.25, -0.2) is 4.98 Å². The first-order chi connectivity index (χ1) is 10.7. The smallest absolute Gasteiger partial charge is 0.244 e. The third-order valence-electron chi connectivity index (χ3n) is 4.20. The number of carbonyl (C=O) groups excluding carboxylic acids is 1. The Morgan fingerprint density at radius 2 is 2.27 bits per heavy atom. The summed E-state index contributed by atoms with van der Waals surface area (Å²) in [6.07, 6.45) is 2.17. The van der Waals surface area contributed by atoms with E-state index in [4.69, 9.17) is 9.15 Å². The second kappa shape index (κ2) is 5.37. The van der Waals surface area contributed by atoms with Crippen molar-refractivity contribution in [2.24, 2.45) is 0 Å². The number of aromatic nitrogens is 1. The maximum absolute atomic E-state index is 12.3. The molecule has 1 aliphatic carbocycles. The molecule has 6 nitrogen and oxygen atoms in total. The van der Waals surface area contributed by atoms with Gasteiger partial charge >= 0.3 is 0 Å². The standard InChI is InChI=1S/C16H19N3O3/c1-9-14(17-6-7-21-9)15(20)18-11-4-5-12-13(8-11)22-16(19-12)10-2-3-10/h4-5,8-10,14,17H,2-3,6-7H2,1H3,(H,18,20)/t9-,14+/m1/s1.